The molecule has 1 N–H and O–H groups in total. The highest BCUT2D eigenvalue weighted by Crippen LogP contribution is 2.21. The lowest BCUT2D eigenvalue weighted by atomic mass is 10.4. The van der Waals surface area contributed by atoms with E-state index in [0.29, 0.717) is 5.75 Å². The van der Waals surface area contributed by atoms with Crippen LogP contribution in [0.5, 0.6) is 0 Å². The average Bonchev–Trinajstić information content (AvgIpc) is 2.45. The maximum atomic E-state index is 12.8. The topological polar surface area (TPSA) is 37.8 Å². The Balaban J connectivity index is 1.93. The van der Waals surface area contributed by atoms with E-state index < -0.39 is 0 Å². The third kappa shape index (κ3) is 4.52. The third-order valence-electron chi connectivity index (χ3n) is 2.44. The lowest BCUT2D eigenvalue weighted by Crippen LogP contribution is -2.04. The van der Waals surface area contributed by atoms with Gasteiger partial charge in [-0.05, 0) is 36.8 Å². The summed E-state index contributed by atoms with van der Waals surface area (Å²) in [5, 5.41) is 3.23. The van der Waals surface area contributed by atoms with Crippen molar-refractivity contribution < 1.29 is 4.39 Å². The average molecular weight is 277 g/mol. The molecule has 0 unspecified atom stereocenters. The van der Waals surface area contributed by atoms with Crippen LogP contribution < -0.4 is 5.32 Å². The Morgan fingerprint density at radius 2 is 2.00 bits per heavy atom. The molecule has 0 aliphatic heterocycles. The molecule has 0 radical (unpaired) electrons. The smallest absolute Gasteiger partial charge is 0.140 e. The van der Waals surface area contributed by atoms with Crippen molar-refractivity contribution >= 4 is 17.6 Å². The molecule has 2 rings (SSSR count). The van der Waals surface area contributed by atoms with Crippen molar-refractivity contribution in [2.45, 2.75) is 24.0 Å². The second kappa shape index (κ2) is 7.09. The Kier molecular flexibility index (Phi) is 5.15. The van der Waals surface area contributed by atoms with E-state index in [1.807, 2.05) is 6.07 Å². The standard InChI is InChI=1S/C14H16FN3S/c1-2-8-16-13-7-9-17-14(18-13)10-19-12-5-3-11(15)4-6-12/h3-7,9H,2,8,10H2,1H3,(H,16,17,18). The van der Waals surface area contributed by atoms with Gasteiger partial charge in [0.1, 0.15) is 17.5 Å². The number of thioether (sulfide) groups is 1. The Morgan fingerprint density at radius 3 is 2.74 bits per heavy atom. The number of benzene rings is 1. The number of anilines is 1. The van der Waals surface area contributed by atoms with Gasteiger partial charge in [-0.25, -0.2) is 14.4 Å². The summed E-state index contributed by atoms with van der Waals surface area (Å²) >= 11 is 1.60. The van der Waals surface area contributed by atoms with Gasteiger partial charge in [-0.3, -0.25) is 0 Å². The summed E-state index contributed by atoms with van der Waals surface area (Å²) in [7, 11) is 0. The van der Waals surface area contributed by atoms with Crippen LogP contribution in [0.15, 0.2) is 41.4 Å². The molecule has 0 spiro atoms. The van der Waals surface area contributed by atoms with Crippen LogP contribution in [-0.4, -0.2) is 16.5 Å². The van der Waals surface area contributed by atoms with Gasteiger partial charge in [0.25, 0.3) is 0 Å². The molecule has 3 nitrogen and oxygen atoms in total. The molecule has 0 bridgehead atoms. The highest BCUT2D eigenvalue weighted by Gasteiger charge is 2.01. The van der Waals surface area contributed by atoms with E-state index in [1.54, 1.807) is 30.1 Å². The van der Waals surface area contributed by atoms with Crippen LogP contribution in [-0.2, 0) is 5.75 Å². The molecule has 0 amide bonds. The number of halogens is 1. The number of nitrogens with zero attached hydrogens (tertiary/aromatic N) is 2. The fourth-order valence-electron chi connectivity index (χ4n) is 1.50. The van der Waals surface area contributed by atoms with Crippen molar-refractivity contribution in [2.24, 2.45) is 0 Å². The SMILES string of the molecule is CCCNc1ccnc(CSc2ccc(F)cc2)n1. The van der Waals surface area contributed by atoms with E-state index in [4.69, 9.17) is 0 Å². The predicted octanol–water partition coefficient (Wildman–Crippen LogP) is 3.73. The van der Waals surface area contributed by atoms with Gasteiger partial charge in [0.15, 0.2) is 0 Å². The molecule has 0 atom stereocenters. The number of nitrogens with one attached hydrogen (secondary N) is 1. The molecular weight excluding hydrogens is 261 g/mol. The quantitative estimate of drug-likeness (QED) is 0.816. The summed E-state index contributed by atoms with van der Waals surface area (Å²) in [6, 6.07) is 8.31. The first kappa shape index (κ1) is 13.8. The van der Waals surface area contributed by atoms with E-state index in [1.165, 1.54) is 12.1 Å². The minimum atomic E-state index is -0.216. The largest absolute Gasteiger partial charge is 0.370 e. The molecule has 1 heterocycles. The first-order valence-corrected chi connectivity index (χ1v) is 7.20. The number of aromatic nitrogens is 2. The van der Waals surface area contributed by atoms with E-state index in [-0.39, 0.29) is 5.82 Å². The second-order valence-corrected chi connectivity index (χ2v) is 5.08. The summed E-state index contributed by atoms with van der Waals surface area (Å²) in [5.74, 6) is 2.08. The van der Waals surface area contributed by atoms with Crippen LogP contribution in [0.25, 0.3) is 0 Å². The molecule has 0 saturated heterocycles. The lowest BCUT2D eigenvalue weighted by molar-refractivity contribution is 0.626. The maximum Gasteiger partial charge on any atom is 0.140 e. The van der Waals surface area contributed by atoms with Gasteiger partial charge in [0, 0.05) is 17.6 Å². The Bertz CT molecular complexity index is 516. The monoisotopic (exact) mass is 277 g/mol. The van der Waals surface area contributed by atoms with Crippen molar-refractivity contribution in [1.29, 1.82) is 0 Å². The summed E-state index contributed by atoms with van der Waals surface area (Å²) in [5.41, 5.74) is 0. The van der Waals surface area contributed by atoms with E-state index in [2.05, 4.69) is 22.2 Å². The van der Waals surface area contributed by atoms with E-state index in [0.717, 1.165) is 29.5 Å². The number of hydrogen-bond acceptors (Lipinski definition) is 4. The van der Waals surface area contributed by atoms with Crippen LogP contribution >= 0.6 is 11.8 Å². The van der Waals surface area contributed by atoms with Gasteiger partial charge >= 0.3 is 0 Å². The van der Waals surface area contributed by atoms with Crippen molar-refractivity contribution in [3.05, 3.63) is 48.2 Å². The molecule has 19 heavy (non-hydrogen) atoms. The lowest BCUT2D eigenvalue weighted by Gasteiger charge is -2.05. The predicted molar refractivity (Wildman–Crippen MR) is 76.8 cm³/mol. The van der Waals surface area contributed by atoms with Crippen LogP contribution in [0.3, 0.4) is 0 Å². The maximum absolute atomic E-state index is 12.8. The first-order chi connectivity index (χ1) is 9.28. The van der Waals surface area contributed by atoms with Crippen molar-refractivity contribution in [1.82, 2.24) is 9.97 Å². The normalized spacial score (nSPS) is 10.4. The fourth-order valence-corrected chi connectivity index (χ4v) is 2.26. The second-order valence-electron chi connectivity index (χ2n) is 4.03. The molecule has 1 aromatic carbocycles. The van der Waals surface area contributed by atoms with Gasteiger partial charge in [-0.15, -0.1) is 11.8 Å². The van der Waals surface area contributed by atoms with Gasteiger partial charge in [0.2, 0.25) is 0 Å². The molecule has 0 aliphatic carbocycles. The highest BCUT2D eigenvalue weighted by atomic mass is 32.2. The summed E-state index contributed by atoms with van der Waals surface area (Å²) in [6.45, 7) is 3.01. The van der Waals surface area contributed by atoms with Crippen LogP contribution in [0.1, 0.15) is 19.2 Å². The Hall–Kier alpha value is -1.62. The van der Waals surface area contributed by atoms with Crippen LogP contribution in [0, 0.1) is 5.82 Å². The Labute approximate surface area is 116 Å². The van der Waals surface area contributed by atoms with E-state index >= 15 is 0 Å². The molecule has 1 aromatic heterocycles. The summed E-state index contributed by atoms with van der Waals surface area (Å²) in [6.07, 6.45) is 2.81. The molecule has 5 heteroatoms. The zero-order valence-corrected chi connectivity index (χ0v) is 11.6. The molecule has 2 aromatic rings. The summed E-state index contributed by atoms with van der Waals surface area (Å²) in [4.78, 5) is 9.67. The van der Waals surface area contributed by atoms with Gasteiger partial charge < -0.3 is 5.32 Å². The van der Waals surface area contributed by atoms with Crippen molar-refractivity contribution in [3.63, 3.8) is 0 Å². The zero-order chi connectivity index (χ0) is 13.5. The van der Waals surface area contributed by atoms with Crippen molar-refractivity contribution in [2.75, 3.05) is 11.9 Å². The van der Waals surface area contributed by atoms with E-state index in [9.17, 15) is 4.39 Å². The van der Waals surface area contributed by atoms with Gasteiger partial charge in [0.05, 0.1) is 5.75 Å². The van der Waals surface area contributed by atoms with Gasteiger partial charge in [-0.2, -0.15) is 0 Å². The third-order valence-corrected chi connectivity index (χ3v) is 3.45. The minimum absolute atomic E-state index is 0.216. The Morgan fingerprint density at radius 1 is 1.21 bits per heavy atom. The van der Waals surface area contributed by atoms with Crippen molar-refractivity contribution in [3.8, 4) is 0 Å². The van der Waals surface area contributed by atoms with Crippen LogP contribution in [0.4, 0.5) is 10.2 Å². The molecule has 0 fully saturated rings. The first-order valence-electron chi connectivity index (χ1n) is 6.22. The van der Waals surface area contributed by atoms with Gasteiger partial charge in [-0.1, -0.05) is 6.92 Å². The molecule has 0 aliphatic rings. The fraction of sp³-hybridized carbons (Fsp3) is 0.286. The number of hydrogen-bond donors (Lipinski definition) is 1. The summed E-state index contributed by atoms with van der Waals surface area (Å²) < 4.78 is 12.8. The molecule has 0 saturated carbocycles. The van der Waals surface area contributed by atoms with Crippen LogP contribution in [0.2, 0.25) is 0 Å². The molecule has 100 valence electrons. The molecular formula is C14H16FN3S. The number of rotatable bonds is 6. The zero-order valence-electron chi connectivity index (χ0n) is 10.8. The highest BCUT2D eigenvalue weighted by molar-refractivity contribution is 7.98. The minimum Gasteiger partial charge on any atom is -0.370 e.